The van der Waals surface area contributed by atoms with Gasteiger partial charge < -0.3 is 14.6 Å². The largest absolute Gasteiger partial charge is 0.508 e. The molecule has 0 fully saturated rings. The second-order valence-electron chi connectivity index (χ2n) is 8.21. The van der Waals surface area contributed by atoms with Crippen molar-refractivity contribution in [1.82, 2.24) is 0 Å². The Morgan fingerprint density at radius 1 is 0.605 bits per heavy atom. The molecule has 0 aliphatic heterocycles. The highest BCUT2D eigenvalue weighted by Crippen LogP contribution is 2.28. The maximum atomic E-state index is 12.1. The Balaban J connectivity index is 1.12. The number of allylic oxidation sites excluding steroid dienone is 2. The van der Waals surface area contributed by atoms with Crippen LogP contribution in [0.15, 0.2) is 130 Å². The molecule has 2 radical (unpaired) electrons. The molecule has 1 N–H and O–H groups in total. The molecule has 0 aromatic heterocycles. The van der Waals surface area contributed by atoms with Crippen LogP contribution in [0.2, 0.25) is 0 Å². The quantitative estimate of drug-likeness (QED) is 0.148. The summed E-state index contributed by atoms with van der Waals surface area (Å²) in [5.74, 6) is 2.23. The number of ether oxygens (including phenoxy) is 2. The van der Waals surface area contributed by atoms with Crippen molar-refractivity contribution in [3.8, 4) is 23.0 Å². The van der Waals surface area contributed by atoms with Gasteiger partial charge in [0.05, 0.1) is 28.7 Å². The smallest absolute Gasteiger partial charge is 0.319 e. The van der Waals surface area contributed by atoms with Crippen molar-refractivity contribution in [1.29, 1.82) is 0 Å². The lowest BCUT2D eigenvalue weighted by molar-refractivity contribution is -0.131. The minimum Gasteiger partial charge on any atom is -0.508 e. The van der Waals surface area contributed by atoms with Crippen LogP contribution in [0.3, 0.4) is 0 Å². The number of hydrogen-bond acceptors (Lipinski definition) is 8. The minimum atomic E-state index is -0.348. The fourth-order valence-corrected chi connectivity index (χ4v) is 3.40. The van der Waals surface area contributed by atoms with Gasteiger partial charge in [-0.2, -0.15) is 20.5 Å². The van der Waals surface area contributed by atoms with Gasteiger partial charge in [-0.15, -0.1) is 0 Å². The average Bonchev–Trinajstić information content (AvgIpc) is 3.50. The summed E-state index contributed by atoms with van der Waals surface area (Å²) >= 11 is 0. The Morgan fingerprint density at radius 3 is 1.45 bits per heavy atom. The van der Waals surface area contributed by atoms with Crippen molar-refractivity contribution < 1.29 is 19.4 Å². The number of phenols is 1. The van der Waals surface area contributed by atoms with E-state index < -0.39 is 0 Å². The average molecular weight is 503 g/mol. The molecule has 0 spiro atoms. The third-order valence-electron chi connectivity index (χ3n) is 5.40. The van der Waals surface area contributed by atoms with Crippen molar-refractivity contribution in [3.05, 3.63) is 122 Å². The van der Waals surface area contributed by atoms with Crippen LogP contribution in [0.1, 0.15) is 6.42 Å². The van der Waals surface area contributed by atoms with Crippen LogP contribution in [0.4, 0.5) is 22.7 Å². The van der Waals surface area contributed by atoms with Gasteiger partial charge in [-0.3, -0.25) is 4.79 Å². The lowest BCUT2D eigenvalue weighted by Gasteiger charge is -2.08. The summed E-state index contributed by atoms with van der Waals surface area (Å²) in [5.41, 5.74) is 2.62. The molecule has 0 unspecified atom stereocenters. The molecule has 38 heavy (non-hydrogen) atoms. The van der Waals surface area contributed by atoms with E-state index >= 15 is 0 Å². The van der Waals surface area contributed by atoms with E-state index in [-0.39, 0.29) is 11.7 Å². The molecule has 5 rings (SSSR count). The van der Waals surface area contributed by atoms with E-state index in [9.17, 15) is 9.90 Å². The summed E-state index contributed by atoms with van der Waals surface area (Å²) in [7, 11) is 0. The van der Waals surface area contributed by atoms with Gasteiger partial charge in [0.25, 0.3) is 0 Å². The number of phenolic OH excluding ortho intramolecular Hbond substituents is 1. The highest BCUT2D eigenvalue weighted by Gasteiger charge is 2.22. The molecule has 0 atom stereocenters. The van der Waals surface area contributed by atoms with E-state index in [4.69, 9.17) is 9.47 Å². The van der Waals surface area contributed by atoms with E-state index in [0.29, 0.717) is 52.3 Å². The molecule has 8 heteroatoms. The third-order valence-corrected chi connectivity index (χ3v) is 5.40. The van der Waals surface area contributed by atoms with Crippen molar-refractivity contribution in [2.24, 2.45) is 20.5 Å². The van der Waals surface area contributed by atoms with Gasteiger partial charge in [0.2, 0.25) is 0 Å². The number of nitrogens with zero attached hydrogens (tertiary/aromatic N) is 4. The van der Waals surface area contributed by atoms with Crippen molar-refractivity contribution >= 4 is 28.7 Å². The molecule has 0 saturated carbocycles. The maximum Gasteiger partial charge on any atom is 0.319 e. The van der Waals surface area contributed by atoms with Crippen LogP contribution < -0.4 is 9.47 Å². The number of azo groups is 2. The highest BCUT2D eigenvalue weighted by molar-refractivity contribution is 5.90. The number of carbonyl (C=O) groups excluding carboxylic acids is 1. The molecule has 4 aromatic carbocycles. The summed E-state index contributed by atoms with van der Waals surface area (Å²) < 4.78 is 11.3. The van der Waals surface area contributed by atoms with Gasteiger partial charge in [0, 0.05) is 6.42 Å². The van der Waals surface area contributed by atoms with Gasteiger partial charge in [-0.25, -0.2) is 0 Å². The SMILES string of the molecule is O=C(Oc1ccc(N=Nc2ccc(Oc3ccc(N=Nc4ccc(O)cc4)cc3)cc2)cc1)[C]1[CH]C=CC1. The van der Waals surface area contributed by atoms with Gasteiger partial charge in [-0.05, 0) is 103 Å². The zero-order chi connectivity index (χ0) is 26.2. The summed E-state index contributed by atoms with van der Waals surface area (Å²) in [6, 6.07) is 27.8. The zero-order valence-corrected chi connectivity index (χ0v) is 20.1. The van der Waals surface area contributed by atoms with Crippen LogP contribution in [0, 0.1) is 12.3 Å². The van der Waals surface area contributed by atoms with Gasteiger partial charge >= 0.3 is 5.97 Å². The first kappa shape index (κ1) is 24.6. The van der Waals surface area contributed by atoms with E-state index in [1.54, 1.807) is 91.3 Å². The first-order valence-corrected chi connectivity index (χ1v) is 11.8. The van der Waals surface area contributed by atoms with Crippen molar-refractivity contribution in [2.75, 3.05) is 0 Å². The van der Waals surface area contributed by atoms with Gasteiger partial charge in [-0.1, -0.05) is 12.2 Å². The van der Waals surface area contributed by atoms with Crippen LogP contribution in [0.5, 0.6) is 23.0 Å². The number of esters is 1. The third kappa shape index (κ3) is 6.76. The van der Waals surface area contributed by atoms with E-state index in [1.165, 1.54) is 0 Å². The second-order valence-corrected chi connectivity index (χ2v) is 8.21. The van der Waals surface area contributed by atoms with E-state index in [1.807, 2.05) is 24.3 Å². The highest BCUT2D eigenvalue weighted by atomic mass is 16.5. The summed E-state index contributed by atoms with van der Waals surface area (Å²) in [6.45, 7) is 0. The van der Waals surface area contributed by atoms with Crippen LogP contribution in [0.25, 0.3) is 0 Å². The summed E-state index contributed by atoms with van der Waals surface area (Å²) in [4.78, 5) is 12.1. The number of rotatable bonds is 8. The Kier molecular flexibility index (Phi) is 7.60. The first-order chi connectivity index (χ1) is 18.6. The Bertz CT molecular complexity index is 1450. The molecule has 1 aliphatic rings. The van der Waals surface area contributed by atoms with E-state index in [2.05, 4.69) is 20.5 Å². The molecule has 1 aliphatic carbocycles. The lowest BCUT2D eigenvalue weighted by atomic mass is 10.1. The predicted octanol–water partition coefficient (Wildman–Crippen LogP) is 8.66. The fraction of sp³-hybridized carbons (Fsp3) is 0.0333. The van der Waals surface area contributed by atoms with Crippen LogP contribution in [-0.4, -0.2) is 11.1 Å². The summed E-state index contributed by atoms with van der Waals surface area (Å²) in [6.07, 6.45) is 6.10. The first-order valence-electron chi connectivity index (χ1n) is 11.8. The monoisotopic (exact) mass is 502 g/mol. The predicted molar refractivity (Wildman–Crippen MR) is 143 cm³/mol. The van der Waals surface area contributed by atoms with Crippen molar-refractivity contribution in [2.45, 2.75) is 6.42 Å². The maximum absolute atomic E-state index is 12.1. The molecule has 0 heterocycles. The van der Waals surface area contributed by atoms with Gasteiger partial charge in [0.15, 0.2) is 0 Å². The standard InChI is InChI=1S/C30H22N4O4/c35-26-13-5-22(6-14-26)31-32-23-7-15-27(16-8-23)37-28-17-9-24(10-18-28)33-34-25-11-19-29(20-12-25)38-30(36)21-3-1-2-4-21/h1-3,5-20,35H,4H2. The van der Waals surface area contributed by atoms with Crippen molar-refractivity contribution in [3.63, 3.8) is 0 Å². The normalized spacial score (nSPS) is 13.4. The molecule has 4 aromatic rings. The molecule has 8 nitrogen and oxygen atoms in total. The Hall–Kier alpha value is -5.11. The number of hydrogen-bond donors (Lipinski definition) is 1. The number of carbonyl (C=O) groups is 1. The molecular weight excluding hydrogens is 480 g/mol. The van der Waals surface area contributed by atoms with Gasteiger partial charge in [0.1, 0.15) is 23.0 Å². The number of aromatic hydroxyl groups is 1. The Morgan fingerprint density at radius 2 is 1.03 bits per heavy atom. The lowest BCUT2D eigenvalue weighted by Crippen LogP contribution is -2.16. The minimum absolute atomic E-state index is 0.183. The number of benzene rings is 4. The van der Waals surface area contributed by atoms with Crippen LogP contribution >= 0.6 is 0 Å². The topological polar surface area (TPSA) is 105 Å². The molecule has 0 saturated heterocycles. The molecular formula is C30H22N4O4. The molecule has 186 valence electrons. The second kappa shape index (κ2) is 11.7. The fourth-order valence-electron chi connectivity index (χ4n) is 3.40. The van der Waals surface area contributed by atoms with E-state index in [0.717, 1.165) is 0 Å². The molecule has 0 bridgehead atoms. The zero-order valence-electron chi connectivity index (χ0n) is 20.1. The Labute approximate surface area is 219 Å². The molecule has 0 amide bonds. The summed E-state index contributed by atoms with van der Waals surface area (Å²) in [5, 5.41) is 26.1. The van der Waals surface area contributed by atoms with Crippen LogP contribution in [-0.2, 0) is 4.79 Å².